The van der Waals surface area contributed by atoms with Crippen molar-refractivity contribution in [3.8, 4) is 0 Å². The molecule has 8 nitrogen and oxygen atoms in total. The third kappa shape index (κ3) is 4.48. The second-order valence-corrected chi connectivity index (χ2v) is 9.84. The van der Waals surface area contributed by atoms with Gasteiger partial charge in [-0.1, -0.05) is 66.7 Å². The van der Waals surface area contributed by atoms with Crippen molar-refractivity contribution in [3.05, 3.63) is 130 Å². The Morgan fingerprint density at radius 3 is 2.22 bits per heavy atom. The SMILES string of the molecule is NC1=NC(c2ccccc2)(c2ccccc2)C(=O)N1Cc1ccc(C(F)(F)F)c(C(=O)N2Cc3cncnc3C2)c1. The summed E-state index contributed by atoms with van der Waals surface area (Å²) in [5, 5.41) is 0. The van der Waals surface area contributed by atoms with Gasteiger partial charge >= 0.3 is 6.18 Å². The van der Waals surface area contributed by atoms with Gasteiger partial charge in [0, 0.05) is 18.3 Å². The Morgan fingerprint density at radius 2 is 1.61 bits per heavy atom. The minimum absolute atomic E-state index is 0.0686. The van der Waals surface area contributed by atoms with Crippen LogP contribution in [0.2, 0.25) is 0 Å². The minimum Gasteiger partial charge on any atom is -0.369 e. The number of aromatic nitrogens is 2. The van der Waals surface area contributed by atoms with Gasteiger partial charge in [-0.05, 0) is 28.8 Å². The number of hydrogen-bond donors (Lipinski definition) is 1. The van der Waals surface area contributed by atoms with Crippen LogP contribution in [0.5, 0.6) is 0 Å². The van der Waals surface area contributed by atoms with Crippen molar-refractivity contribution in [2.24, 2.45) is 10.7 Å². The number of fused-ring (bicyclic) bond motifs is 1. The smallest absolute Gasteiger partial charge is 0.369 e. The molecule has 3 heterocycles. The van der Waals surface area contributed by atoms with Crippen LogP contribution in [0.15, 0.2) is 96.4 Å². The number of carbonyl (C=O) groups is 2. The van der Waals surface area contributed by atoms with Crippen LogP contribution < -0.4 is 5.73 Å². The van der Waals surface area contributed by atoms with Crippen molar-refractivity contribution in [1.29, 1.82) is 0 Å². The molecule has 0 unspecified atom stereocenters. The number of rotatable bonds is 5. The molecule has 6 rings (SSSR count). The molecule has 2 N–H and O–H groups in total. The Hall–Kier alpha value is -5.06. The maximum absolute atomic E-state index is 14.1. The highest BCUT2D eigenvalue weighted by Gasteiger charge is 2.50. The summed E-state index contributed by atoms with van der Waals surface area (Å²) < 4.78 is 42.0. The van der Waals surface area contributed by atoms with E-state index in [1.807, 2.05) is 12.1 Å². The first kappa shape index (κ1) is 26.2. The van der Waals surface area contributed by atoms with E-state index in [0.29, 0.717) is 27.9 Å². The van der Waals surface area contributed by atoms with Gasteiger partial charge < -0.3 is 10.6 Å². The zero-order chi connectivity index (χ0) is 28.8. The lowest BCUT2D eigenvalue weighted by Gasteiger charge is -2.27. The lowest BCUT2D eigenvalue weighted by Crippen LogP contribution is -2.43. The van der Waals surface area contributed by atoms with Crippen LogP contribution >= 0.6 is 0 Å². The fourth-order valence-corrected chi connectivity index (χ4v) is 5.34. The molecule has 0 radical (unpaired) electrons. The standard InChI is InChI=1S/C30H23F3N6O2/c31-30(32,33)24-12-11-19(13-23(24)26(40)38-16-20-14-35-18-36-25(20)17-38)15-39-27(41)29(37-28(39)34,21-7-3-1-4-8-21)22-9-5-2-6-10-22/h1-14,18H,15-17H2,(H2,34,37). The Balaban J connectivity index is 1.35. The van der Waals surface area contributed by atoms with Crippen molar-refractivity contribution < 1.29 is 22.8 Å². The number of nitrogens with zero attached hydrogens (tertiary/aromatic N) is 5. The third-order valence-electron chi connectivity index (χ3n) is 7.33. The normalized spacial score (nSPS) is 16.1. The average Bonchev–Trinajstić information content (AvgIpc) is 3.52. The number of guanidine groups is 1. The summed E-state index contributed by atoms with van der Waals surface area (Å²) in [6.45, 7) is -0.0176. The molecule has 3 aromatic carbocycles. The molecule has 206 valence electrons. The Morgan fingerprint density at radius 1 is 0.951 bits per heavy atom. The van der Waals surface area contributed by atoms with E-state index in [4.69, 9.17) is 5.73 Å². The van der Waals surface area contributed by atoms with E-state index in [-0.39, 0.29) is 25.6 Å². The van der Waals surface area contributed by atoms with E-state index in [2.05, 4.69) is 15.0 Å². The zero-order valence-electron chi connectivity index (χ0n) is 21.5. The van der Waals surface area contributed by atoms with Crippen molar-refractivity contribution in [3.63, 3.8) is 0 Å². The van der Waals surface area contributed by atoms with Gasteiger partial charge in [0.05, 0.1) is 29.9 Å². The number of halogens is 3. The Kier molecular flexibility index (Phi) is 6.29. The molecule has 0 spiro atoms. The second-order valence-electron chi connectivity index (χ2n) is 9.84. The highest BCUT2D eigenvalue weighted by Crippen LogP contribution is 2.40. The number of aliphatic imine (C=N–C) groups is 1. The van der Waals surface area contributed by atoms with Crippen LogP contribution in [0.25, 0.3) is 0 Å². The lowest BCUT2D eigenvalue weighted by molar-refractivity contribution is -0.138. The number of alkyl halides is 3. The van der Waals surface area contributed by atoms with E-state index in [1.54, 1.807) is 54.7 Å². The first-order valence-electron chi connectivity index (χ1n) is 12.7. The molecule has 0 saturated heterocycles. The Bertz CT molecular complexity index is 1610. The molecule has 0 bridgehead atoms. The molecule has 4 aromatic rings. The van der Waals surface area contributed by atoms with Crippen LogP contribution in [0, 0.1) is 0 Å². The summed E-state index contributed by atoms with van der Waals surface area (Å²) >= 11 is 0. The fourth-order valence-electron chi connectivity index (χ4n) is 5.34. The van der Waals surface area contributed by atoms with Gasteiger partial charge in [-0.15, -0.1) is 0 Å². The van der Waals surface area contributed by atoms with E-state index >= 15 is 0 Å². The number of benzene rings is 3. The highest BCUT2D eigenvalue weighted by molar-refractivity contribution is 6.09. The minimum atomic E-state index is -4.77. The summed E-state index contributed by atoms with van der Waals surface area (Å²) in [5.41, 5.74) is 6.01. The van der Waals surface area contributed by atoms with Crippen LogP contribution in [-0.2, 0) is 36.1 Å². The zero-order valence-corrected chi connectivity index (χ0v) is 21.5. The predicted octanol–water partition coefficient (Wildman–Crippen LogP) is 4.25. The molecule has 2 amide bonds. The van der Waals surface area contributed by atoms with Gasteiger partial charge in [0.25, 0.3) is 11.8 Å². The van der Waals surface area contributed by atoms with Crippen LogP contribution in [0.4, 0.5) is 13.2 Å². The third-order valence-corrected chi connectivity index (χ3v) is 7.33. The average molecular weight is 557 g/mol. The predicted molar refractivity (Wildman–Crippen MR) is 143 cm³/mol. The van der Waals surface area contributed by atoms with Crippen LogP contribution in [0.1, 0.15) is 43.9 Å². The number of hydrogen-bond acceptors (Lipinski definition) is 6. The summed E-state index contributed by atoms with van der Waals surface area (Å²) in [6, 6.07) is 21.2. The van der Waals surface area contributed by atoms with Crippen molar-refractivity contribution in [2.75, 3.05) is 0 Å². The second kappa shape index (κ2) is 9.84. The maximum atomic E-state index is 14.1. The molecule has 11 heteroatoms. The molecule has 2 aliphatic rings. The van der Waals surface area contributed by atoms with Gasteiger partial charge in [0.1, 0.15) is 6.33 Å². The summed E-state index contributed by atoms with van der Waals surface area (Å²) in [5.74, 6) is -1.33. The van der Waals surface area contributed by atoms with Gasteiger partial charge in [-0.2, -0.15) is 13.2 Å². The molecule has 0 saturated carbocycles. The topological polar surface area (TPSA) is 105 Å². The largest absolute Gasteiger partial charge is 0.417 e. The number of amides is 2. The Labute approximate surface area is 233 Å². The summed E-state index contributed by atoms with van der Waals surface area (Å²) in [4.78, 5) is 42.7. The number of nitrogens with two attached hydrogens (primary N) is 1. The van der Waals surface area contributed by atoms with Gasteiger partial charge in [0.2, 0.25) is 0 Å². The lowest BCUT2D eigenvalue weighted by atomic mass is 9.83. The van der Waals surface area contributed by atoms with E-state index in [9.17, 15) is 22.8 Å². The first-order chi connectivity index (χ1) is 19.7. The highest BCUT2D eigenvalue weighted by atomic mass is 19.4. The molecule has 41 heavy (non-hydrogen) atoms. The maximum Gasteiger partial charge on any atom is 0.417 e. The molecule has 2 aliphatic heterocycles. The molecule has 1 aromatic heterocycles. The monoisotopic (exact) mass is 556 g/mol. The molecular weight excluding hydrogens is 533 g/mol. The molecule has 0 aliphatic carbocycles. The van der Waals surface area contributed by atoms with Crippen molar-refractivity contribution in [1.82, 2.24) is 19.8 Å². The summed E-state index contributed by atoms with van der Waals surface area (Å²) in [7, 11) is 0. The first-order valence-corrected chi connectivity index (χ1v) is 12.7. The number of carbonyl (C=O) groups excluding carboxylic acids is 2. The van der Waals surface area contributed by atoms with E-state index in [1.165, 1.54) is 28.3 Å². The fraction of sp³-hybridized carbons (Fsp3) is 0.167. The quantitative estimate of drug-likeness (QED) is 0.396. The van der Waals surface area contributed by atoms with Crippen LogP contribution in [-0.4, -0.2) is 37.5 Å². The van der Waals surface area contributed by atoms with Crippen molar-refractivity contribution in [2.45, 2.75) is 31.3 Å². The van der Waals surface area contributed by atoms with Gasteiger partial charge in [0.15, 0.2) is 11.5 Å². The van der Waals surface area contributed by atoms with Gasteiger partial charge in [-0.3, -0.25) is 14.5 Å². The van der Waals surface area contributed by atoms with Crippen LogP contribution in [0.3, 0.4) is 0 Å². The molecule has 0 fully saturated rings. The van der Waals surface area contributed by atoms with Gasteiger partial charge in [-0.25, -0.2) is 15.0 Å². The molecule has 0 atom stereocenters. The van der Waals surface area contributed by atoms with E-state index < -0.39 is 34.7 Å². The summed E-state index contributed by atoms with van der Waals surface area (Å²) in [6.07, 6.45) is -1.89. The van der Waals surface area contributed by atoms with Crippen molar-refractivity contribution >= 4 is 17.8 Å². The van der Waals surface area contributed by atoms with E-state index in [0.717, 1.165) is 6.07 Å². The molecular formula is C30H23F3N6O2.